The van der Waals surface area contributed by atoms with E-state index in [4.69, 9.17) is 11.6 Å². The van der Waals surface area contributed by atoms with Crippen LogP contribution in [-0.4, -0.2) is 49.6 Å². The highest BCUT2D eigenvalue weighted by Crippen LogP contribution is 2.29. The molecule has 0 aromatic carbocycles. The Hall–Kier alpha value is -2.69. The highest BCUT2D eigenvalue weighted by molar-refractivity contribution is 6.32. The minimum absolute atomic E-state index is 0.00673. The standard InChI is InChI=1S/C16H14ClF4N7/c17-13-12-6-25-15(28(12)2-1-22-13)27-7-10(18)3-11(8-27)26-14-23-4-9(5-24-14)16(19,20)21/h1-2,4-6,10-11H,3,7-8H2,(H,23,24,26)/t10-,11-/m1/s1. The molecule has 12 heteroatoms. The molecule has 2 atom stereocenters. The number of nitrogens with zero attached hydrogens (tertiary/aromatic N) is 6. The average Bonchev–Trinajstić information content (AvgIpc) is 3.06. The molecular formula is C16H14ClF4N7. The summed E-state index contributed by atoms with van der Waals surface area (Å²) in [4.78, 5) is 17.4. The van der Waals surface area contributed by atoms with E-state index in [1.807, 2.05) is 0 Å². The van der Waals surface area contributed by atoms with Gasteiger partial charge >= 0.3 is 6.18 Å². The first-order valence-electron chi connectivity index (χ1n) is 8.33. The zero-order valence-corrected chi connectivity index (χ0v) is 15.0. The first-order valence-corrected chi connectivity index (χ1v) is 8.71. The van der Waals surface area contributed by atoms with E-state index in [0.29, 0.717) is 30.4 Å². The van der Waals surface area contributed by atoms with Crippen LogP contribution < -0.4 is 10.2 Å². The fourth-order valence-electron chi connectivity index (χ4n) is 3.15. The number of hydrogen-bond acceptors (Lipinski definition) is 6. The van der Waals surface area contributed by atoms with Crippen molar-refractivity contribution in [2.45, 2.75) is 24.8 Å². The minimum atomic E-state index is -4.51. The topological polar surface area (TPSA) is 71.2 Å². The molecule has 0 radical (unpaired) electrons. The third kappa shape index (κ3) is 3.66. The molecule has 0 aliphatic carbocycles. The Morgan fingerprint density at radius 2 is 1.82 bits per heavy atom. The number of alkyl halides is 4. The molecule has 0 saturated carbocycles. The third-order valence-electron chi connectivity index (χ3n) is 4.39. The number of imidazole rings is 1. The quantitative estimate of drug-likeness (QED) is 0.662. The molecule has 1 aliphatic heterocycles. The number of rotatable bonds is 3. The van der Waals surface area contributed by atoms with Gasteiger partial charge in [-0.05, 0) is 0 Å². The van der Waals surface area contributed by atoms with Gasteiger partial charge in [-0.25, -0.2) is 24.3 Å². The number of aromatic nitrogens is 5. The third-order valence-corrected chi connectivity index (χ3v) is 4.68. The van der Waals surface area contributed by atoms with Crippen molar-refractivity contribution >= 4 is 29.0 Å². The fraction of sp³-hybridized carbons (Fsp3) is 0.375. The molecule has 4 heterocycles. The number of piperidine rings is 1. The van der Waals surface area contributed by atoms with Crippen LogP contribution in [0.4, 0.5) is 29.5 Å². The van der Waals surface area contributed by atoms with Crippen molar-refractivity contribution in [1.29, 1.82) is 0 Å². The monoisotopic (exact) mass is 415 g/mol. The summed E-state index contributed by atoms with van der Waals surface area (Å²) in [7, 11) is 0. The van der Waals surface area contributed by atoms with Gasteiger partial charge in [0.1, 0.15) is 11.7 Å². The van der Waals surface area contributed by atoms with Gasteiger partial charge in [0.05, 0.1) is 18.3 Å². The smallest absolute Gasteiger partial charge is 0.350 e. The molecular weight excluding hydrogens is 402 g/mol. The summed E-state index contributed by atoms with van der Waals surface area (Å²) < 4.78 is 53.9. The SMILES string of the molecule is F[C@@H]1C[C@@H](Nc2ncc(C(F)(F)F)cn2)CN(c2ncc3c(Cl)nccn23)C1. The average molecular weight is 416 g/mol. The first kappa shape index (κ1) is 18.7. The predicted molar refractivity (Wildman–Crippen MR) is 94.2 cm³/mol. The summed E-state index contributed by atoms with van der Waals surface area (Å²) in [5.74, 6) is 0.508. The van der Waals surface area contributed by atoms with Crippen molar-refractivity contribution in [3.63, 3.8) is 0 Å². The van der Waals surface area contributed by atoms with Gasteiger partial charge in [-0.1, -0.05) is 11.6 Å². The highest BCUT2D eigenvalue weighted by Gasteiger charge is 2.32. The lowest BCUT2D eigenvalue weighted by Gasteiger charge is -2.35. The maximum Gasteiger partial charge on any atom is 0.419 e. The fourth-order valence-corrected chi connectivity index (χ4v) is 3.35. The van der Waals surface area contributed by atoms with Crippen molar-refractivity contribution in [2.24, 2.45) is 0 Å². The second kappa shape index (κ2) is 7.04. The summed E-state index contributed by atoms with van der Waals surface area (Å²) in [5.41, 5.74) is -0.350. The number of hydrogen-bond donors (Lipinski definition) is 1. The number of nitrogens with one attached hydrogen (secondary N) is 1. The van der Waals surface area contributed by atoms with Crippen molar-refractivity contribution in [3.05, 3.63) is 41.7 Å². The van der Waals surface area contributed by atoms with Gasteiger partial charge < -0.3 is 10.2 Å². The van der Waals surface area contributed by atoms with Gasteiger partial charge in [-0.3, -0.25) is 4.40 Å². The number of fused-ring (bicyclic) bond motifs is 1. The second-order valence-electron chi connectivity index (χ2n) is 6.40. The summed E-state index contributed by atoms with van der Waals surface area (Å²) >= 11 is 6.05. The van der Waals surface area contributed by atoms with Crippen molar-refractivity contribution < 1.29 is 17.6 Å². The van der Waals surface area contributed by atoms with E-state index in [0.717, 1.165) is 0 Å². The molecule has 3 aromatic rings. The van der Waals surface area contributed by atoms with Crippen molar-refractivity contribution in [1.82, 2.24) is 24.3 Å². The number of anilines is 2. The predicted octanol–water partition coefficient (Wildman–Crippen LogP) is 3.22. The van der Waals surface area contributed by atoms with Crippen LogP contribution in [0.1, 0.15) is 12.0 Å². The molecule has 0 spiro atoms. The van der Waals surface area contributed by atoms with Crippen LogP contribution in [0.2, 0.25) is 5.15 Å². The Bertz CT molecular complexity index is 975. The molecule has 0 bridgehead atoms. The van der Waals surface area contributed by atoms with E-state index in [9.17, 15) is 17.6 Å². The zero-order valence-electron chi connectivity index (χ0n) is 14.2. The maximum atomic E-state index is 14.3. The molecule has 7 nitrogen and oxygen atoms in total. The Kier molecular flexibility index (Phi) is 4.69. The maximum absolute atomic E-state index is 14.3. The molecule has 148 valence electrons. The lowest BCUT2D eigenvalue weighted by Crippen LogP contribution is -2.48. The number of halogens is 5. The van der Waals surface area contributed by atoms with Crippen molar-refractivity contribution in [2.75, 3.05) is 23.3 Å². The first-order chi connectivity index (χ1) is 13.3. The van der Waals surface area contributed by atoms with E-state index in [1.165, 1.54) is 6.20 Å². The van der Waals surface area contributed by atoms with Crippen LogP contribution in [0.3, 0.4) is 0 Å². The summed E-state index contributed by atoms with van der Waals surface area (Å²) in [6, 6.07) is -0.412. The Balaban J connectivity index is 1.52. The van der Waals surface area contributed by atoms with E-state index in [2.05, 4.69) is 25.3 Å². The van der Waals surface area contributed by atoms with Crippen LogP contribution in [0, 0.1) is 0 Å². The molecule has 1 N–H and O–H groups in total. The zero-order chi connectivity index (χ0) is 19.9. The van der Waals surface area contributed by atoms with Crippen LogP contribution in [0.25, 0.3) is 5.52 Å². The lowest BCUT2D eigenvalue weighted by atomic mass is 10.0. The molecule has 0 amide bonds. The van der Waals surface area contributed by atoms with Crippen LogP contribution >= 0.6 is 11.6 Å². The van der Waals surface area contributed by atoms with Crippen LogP contribution in [0.15, 0.2) is 31.0 Å². The van der Waals surface area contributed by atoms with E-state index in [1.54, 1.807) is 21.7 Å². The summed E-state index contributed by atoms with van der Waals surface area (Å²) in [6.45, 7) is 0.495. The lowest BCUT2D eigenvalue weighted by molar-refractivity contribution is -0.138. The van der Waals surface area contributed by atoms with Gasteiger partial charge in [0.15, 0.2) is 5.15 Å². The van der Waals surface area contributed by atoms with E-state index >= 15 is 0 Å². The molecule has 1 fully saturated rings. The van der Waals surface area contributed by atoms with Gasteiger partial charge in [0.25, 0.3) is 0 Å². The van der Waals surface area contributed by atoms with E-state index in [-0.39, 0.29) is 24.1 Å². The molecule has 0 unspecified atom stereocenters. The van der Waals surface area contributed by atoms with Crippen LogP contribution in [-0.2, 0) is 6.18 Å². The normalized spacial score (nSPS) is 20.5. The molecule has 1 aliphatic rings. The second-order valence-corrected chi connectivity index (χ2v) is 6.76. The van der Waals surface area contributed by atoms with Gasteiger partial charge in [0, 0.05) is 43.8 Å². The Labute approximate surface area is 161 Å². The van der Waals surface area contributed by atoms with Gasteiger partial charge in [0.2, 0.25) is 11.9 Å². The summed E-state index contributed by atoms with van der Waals surface area (Å²) in [5, 5.41) is 3.18. The Morgan fingerprint density at radius 3 is 2.54 bits per heavy atom. The Morgan fingerprint density at radius 1 is 1.07 bits per heavy atom. The van der Waals surface area contributed by atoms with Gasteiger partial charge in [-0.15, -0.1) is 0 Å². The van der Waals surface area contributed by atoms with Crippen molar-refractivity contribution in [3.8, 4) is 0 Å². The molecule has 3 aromatic heterocycles. The largest absolute Gasteiger partial charge is 0.419 e. The van der Waals surface area contributed by atoms with Gasteiger partial charge in [-0.2, -0.15) is 13.2 Å². The molecule has 4 rings (SSSR count). The minimum Gasteiger partial charge on any atom is -0.350 e. The van der Waals surface area contributed by atoms with Crippen LogP contribution in [0.5, 0.6) is 0 Å². The molecule has 1 saturated heterocycles. The molecule has 28 heavy (non-hydrogen) atoms. The summed E-state index contributed by atoms with van der Waals surface area (Å²) in [6.07, 6.45) is 0.628. The van der Waals surface area contributed by atoms with E-state index < -0.39 is 24.0 Å². The highest BCUT2D eigenvalue weighted by atomic mass is 35.5.